The second-order valence-corrected chi connectivity index (χ2v) is 6.18. The zero-order valence-electron chi connectivity index (χ0n) is 13.5. The molecule has 0 radical (unpaired) electrons. The molecule has 0 unspecified atom stereocenters. The lowest BCUT2D eigenvalue weighted by atomic mass is 9.75. The van der Waals surface area contributed by atoms with Gasteiger partial charge in [-0.1, -0.05) is 13.8 Å². The molecule has 2 aromatic rings. The lowest BCUT2D eigenvalue weighted by molar-refractivity contribution is 0.0369. The molecule has 0 aliphatic carbocycles. The van der Waals surface area contributed by atoms with Crippen LogP contribution in [0.2, 0.25) is 0 Å². The quantitative estimate of drug-likeness (QED) is 0.862. The topological polar surface area (TPSA) is 47.1 Å². The van der Waals surface area contributed by atoms with E-state index in [0.29, 0.717) is 11.0 Å². The number of benzene rings is 1. The van der Waals surface area contributed by atoms with Crippen molar-refractivity contribution in [2.24, 2.45) is 5.92 Å². The lowest BCUT2D eigenvalue weighted by Crippen LogP contribution is -2.46. The van der Waals surface area contributed by atoms with Crippen LogP contribution in [0.5, 0.6) is 0 Å². The lowest BCUT2D eigenvalue weighted by Gasteiger charge is -2.32. The van der Waals surface area contributed by atoms with Gasteiger partial charge >= 0.3 is 7.12 Å². The summed E-state index contributed by atoms with van der Waals surface area (Å²) < 4.78 is 25.7. The number of nitrogens with one attached hydrogen (secondary N) is 1. The van der Waals surface area contributed by atoms with E-state index in [1.165, 1.54) is 13.2 Å². The zero-order chi connectivity index (χ0) is 15.8. The number of aryl methyl sites for hydroxylation is 1. The van der Waals surface area contributed by atoms with E-state index < -0.39 is 12.7 Å². The van der Waals surface area contributed by atoms with E-state index in [1.807, 2.05) is 20.8 Å². The third-order valence-electron chi connectivity index (χ3n) is 4.13. The molecule has 6 heteroatoms. The van der Waals surface area contributed by atoms with Crippen LogP contribution < -0.4 is 5.46 Å². The van der Waals surface area contributed by atoms with Crippen molar-refractivity contribution in [1.82, 2.24) is 10.2 Å². The predicted octanol–water partition coefficient (Wildman–Crippen LogP) is 2.80. The van der Waals surface area contributed by atoms with Crippen molar-refractivity contribution >= 4 is 23.5 Å². The Morgan fingerprint density at radius 3 is 2.57 bits per heavy atom. The van der Waals surface area contributed by atoms with E-state index in [-0.39, 0.29) is 11.7 Å². The molecular formula is C15H22BFN2O2. The highest BCUT2D eigenvalue weighted by Crippen LogP contribution is 2.23. The summed E-state index contributed by atoms with van der Waals surface area (Å²) in [7, 11) is 0.772. The number of hydrogen-bond acceptors (Lipinski definition) is 3. The van der Waals surface area contributed by atoms with Gasteiger partial charge < -0.3 is 9.31 Å². The van der Waals surface area contributed by atoms with E-state index >= 15 is 0 Å². The summed E-state index contributed by atoms with van der Waals surface area (Å²) in [5, 5.41) is 7.79. The molecule has 0 atom stereocenters. The standard InChI is InChI=1S/C15H22BFN2O2/c1-9(2)15(4,5)21-16(20-6)12-7-11-10(3)18-19-14(11)8-13(12)17/h7-9H,1-6H3,(H,18,19). The molecule has 0 amide bonds. The van der Waals surface area contributed by atoms with Crippen LogP contribution in [0.15, 0.2) is 12.1 Å². The fourth-order valence-corrected chi connectivity index (χ4v) is 2.01. The Kier molecular flexibility index (Phi) is 4.39. The molecule has 114 valence electrons. The third-order valence-corrected chi connectivity index (χ3v) is 4.13. The fourth-order valence-electron chi connectivity index (χ4n) is 2.01. The second kappa shape index (κ2) is 5.77. The number of rotatable bonds is 5. The SMILES string of the molecule is COB(OC(C)(C)C(C)C)c1cc2c(C)[nH]nc2cc1F. The van der Waals surface area contributed by atoms with Gasteiger partial charge in [-0.25, -0.2) is 4.39 Å². The van der Waals surface area contributed by atoms with Crippen LogP contribution in [0, 0.1) is 18.7 Å². The van der Waals surface area contributed by atoms with Crippen molar-refractivity contribution in [2.75, 3.05) is 7.11 Å². The van der Waals surface area contributed by atoms with Gasteiger partial charge in [-0.3, -0.25) is 5.10 Å². The van der Waals surface area contributed by atoms with Crippen molar-refractivity contribution in [3.63, 3.8) is 0 Å². The summed E-state index contributed by atoms with van der Waals surface area (Å²) in [6.45, 7) is 9.98. The molecule has 1 aromatic carbocycles. The molecule has 0 spiro atoms. The van der Waals surface area contributed by atoms with Gasteiger partial charge in [0.05, 0.1) is 11.1 Å². The van der Waals surface area contributed by atoms with Crippen LogP contribution in [-0.4, -0.2) is 30.0 Å². The first-order valence-corrected chi connectivity index (χ1v) is 7.11. The van der Waals surface area contributed by atoms with Gasteiger partial charge in [0.25, 0.3) is 0 Å². The highest BCUT2D eigenvalue weighted by atomic mass is 19.1. The van der Waals surface area contributed by atoms with Gasteiger partial charge in [0.15, 0.2) is 0 Å². The fraction of sp³-hybridized carbons (Fsp3) is 0.533. The zero-order valence-corrected chi connectivity index (χ0v) is 13.5. The molecule has 1 aromatic heterocycles. The summed E-state index contributed by atoms with van der Waals surface area (Å²) in [4.78, 5) is 0. The summed E-state index contributed by atoms with van der Waals surface area (Å²) in [5.74, 6) is -0.0991. The van der Waals surface area contributed by atoms with Crippen LogP contribution in [0.3, 0.4) is 0 Å². The molecule has 0 bridgehead atoms. The average Bonchev–Trinajstić information content (AvgIpc) is 2.76. The Morgan fingerprint density at radius 2 is 2.00 bits per heavy atom. The van der Waals surface area contributed by atoms with E-state index in [4.69, 9.17) is 9.31 Å². The molecule has 0 saturated heterocycles. The first-order chi connectivity index (χ1) is 9.76. The van der Waals surface area contributed by atoms with Crippen molar-refractivity contribution in [3.8, 4) is 0 Å². The van der Waals surface area contributed by atoms with Crippen LogP contribution in [-0.2, 0) is 9.31 Å². The van der Waals surface area contributed by atoms with Crippen LogP contribution >= 0.6 is 0 Å². The molecule has 21 heavy (non-hydrogen) atoms. The van der Waals surface area contributed by atoms with E-state index in [9.17, 15) is 4.39 Å². The number of aromatic amines is 1. The highest BCUT2D eigenvalue weighted by Gasteiger charge is 2.34. The Bertz CT molecular complexity index is 640. The number of fused-ring (bicyclic) bond motifs is 1. The van der Waals surface area contributed by atoms with Crippen molar-refractivity contribution in [3.05, 3.63) is 23.6 Å². The van der Waals surface area contributed by atoms with Gasteiger partial charge in [-0.05, 0) is 32.8 Å². The summed E-state index contributed by atoms with van der Waals surface area (Å²) in [5.41, 5.74) is 1.47. The van der Waals surface area contributed by atoms with Crippen molar-refractivity contribution in [2.45, 2.75) is 40.2 Å². The maximum absolute atomic E-state index is 14.3. The summed E-state index contributed by atoms with van der Waals surface area (Å²) in [6, 6.07) is 3.15. The predicted molar refractivity (Wildman–Crippen MR) is 83.2 cm³/mol. The molecule has 2 rings (SSSR count). The largest absolute Gasteiger partial charge is 0.497 e. The summed E-state index contributed by atoms with van der Waals surface area (Å²) in [6.07, 6.45) is 0. The van der Waals surface area contributed by atoms with Crippen LogP contribution in [0.1, 0.15) is 33.4 Å². The first-order valence-electron chi connectivity index (χ1n) is 7.11. The van der Waals surface area contributed by atoms with Crippen LogP contribution in [0.25, 0.3) is 10.9 Å². The van der Waals surface area contributed by atoms with Crippen molar-refractivity contribution < 1.29 is 13.7 Å². The average molecular weight is 292 g/mol. The first kappa shape index (κ1) is 16.0. The summed E-state index contributed by atoms with van der Waals surface area (Å²) >= 11 is 0. The molecule has 0 aliphatic rings. The number of aromatic nitrogens is 2. The van der Waals surface area contributed by atoms with E-state index in [1.54, 1.807) is 6.07 Å². The van der Waals surface area contributed by atoms with Crippen molar-refractivity contribution in [1.29, 1.82) is 0 Å². The number of nitrogens with zero attached hydrogens (tertiary/aromatic N) is 1. The smallest absolute Gasteiger partial charge is 0.410 e. The maximum atomic E-state index is 14.3. The van der Waals surface area contributed by atoms with Crippen LogP contribution in [0.4, 0.5) is 4.39 Å². The Balaban J connectivity index is 2.42. The minimum Gasteiger partial charge on any atom is -0.410 e. The maximum Gasteiger partial charge on any atom is 0.497 e. The molecular weight excluding hydrogens is 270 g/mol. The van der Waals surface area contributed by atoms with Gasteiger partial charge in [0, 0.05) is 29.7 Å². The molecule has 0 aliphatic heterocycles. The Morgan fingerprint density at radius 1 is 1.33 bits per heavy atom. The molecule has 4 nitrogen and oxygen atoms in total. The van der Waals surface area contributed by atoms with Gasteiger partial charge in [0.2, 0.25) is 0 Å². The third kappa shape index (κ3) is 3.11. The minimum atomic E-state index is -0.749. The number of hydrogen-bond donors (Lipinski definition) is 1. The van der Waals surface area contributed by atoms with E-state index in [0.717, 1.165) is 11.1 Å². The van der Waals surface area contributed by atoms with E-state index in [2.05, 4.69) is 24.0 Å². The molecule has 1 heterocycles. The normalized spacial score (nSPS) is 12.4. The molecule has 0 fully saturated rings. The number of halogens is 1. The van der Waals surface area contributed by atoms with Gasteiger partial charge in [0.1, 0.15) is 5.82 Å². The Labute approximate surface area is 125 Å². The molecule has 1 N–H and O–H groups in total. The van der Waals surface area contributed by atoms with Gasteiger partial charge in [-0.2, -0.15) is 5.10 Å². The Hall–Kier alpha value is -1.40. The minimum absolute atomic E-state index is 0.276. The second-order valence-electron chi connectivity index (χ2n) is 6.18. The van der Waals surface area contributed by atoms with Gasteiger partial charge in [-0.15, -0.1) is 0 Å². The monoisotopic (exact) mass is 292 g/mol. The molecule has 0 saturated carbocycles. The number of H-pyrrole nitrogens is 1. The highest BCUT2D eigenvalue weighted by molar-refractivity contribution is 6.61.